The normalized spacial score (nSPS) is 14.6. The number of Topliss-reactive ketones (excluding diaryl/α,β-unsaturated/α-hetero) is 1. The highest BCUT2D eigenvalue weighted by atomic mass is 35.5. The van der Waals surface area contributed by atoms with E-state index in [9.17, 15) is 9.90 Å². The molecule has 0 aliphatic heterocycles. The number of aliphatic hydroxyl groups is 1. The highest BCUT2D eigenvalue weighted by molar-refractivity contribution is 6.31. The maximum atomic E-state index is 12.9. The molecule has 0 amide bonds. The average molecular weight is 348 g/mol. The van der Waals surface area contributed by atoms with Crippen molar-refractivity contribution in [3.05, 3.63) is 69.7 Å². The molecule has 2 aromatic rings. The van der Waals surface area contributed by atoms with Crippen LogP contribution in [-0.4, -0.2) is 10.9 Å². The second kappa shape index (κ2) is 7.14. The third-order valence-electron chi connectivity index (χ3n) is 3.85. The molecule has 2 atom stereocenters. The quantitative estimate of drug-likeness (QED) is 0.803. The van der Waals surface area contributed by atoms with E-state index < -0.39 is 17.3 Å². The van der Waals surface area contributed by atoms with Crippen LogP contribution in [-0.2, 0) is 5.60 Å². The van der Waals surface area contributed by atoms with Crippen molar-refractivity contribution in [2.24, 2.45) is 5.92 Å². The Morgan fingerprint density at radius 1 is 1.13 bits per heavy atom. The van der Waals surface area contributed by atoms with E-state index in [1.165, 1.54) is 0 Å². The fraction of sp³-hybridized carbons (Fsp3) is 0.222. The third-order valence-corrected chi connectivity index (χ3v) is 4.35. The van der Waals surface area contributed by atoms with Crippen molar-refractivity contribution in [2.45, 2.75) is 18.9 Å². The summed E-state index contributed by atoms with van der Waals surface area (Å²) >= 11 is 11.7. The van der Waals surface area contributed by atoms with Crippen molar-refractivity contribution in [1.29, 1.82) is 5.26 Å². The van der Waals surface area contributed by atoms with E-state index in [1.54, 1.807) is 55.5 Å². The predicted octanol–water partition coefficient (Wildman–Crippen LogP) is 4.61. The van der Waals surface area contributed by atoms with Crippen LogP contribution in [0.15, 0.2) is 48.5 Å². The van der Waals surface area contributed by atoms with E-state index >= 15 is 0 Å². The molecule has 0 spiro atoms. The summed E-state index contributed by atoms with van der Waals surface area (Å²) in [7, 11) is 0. The summed E-state index contributed by atoms with van der Waals surface area (Å²) in [6.45, 7) is 1.67. The lowest BCUT2D eigenvalue weighted by atomic mass is 9.75. The van der Waals surface area contributed by atoms with Crippen molar-refractivity contribution < 1.29 is 9.90 Å². The Labute approximate surface area is 145 Å². The van der Waals surface area contributed by atoms with Gasteiger partial charge in [0.25, 0.3) is 0 Å². The Bertz CT molecular complexity index is 735. The molecule has 0 saturated carbocycles. The van der Waals surface area contributed by atoms with Crippen molar-refractivity contribution >= 4 is 29.0 Å². The molecule has 0 fully saturated rings. The van der Waals surface area contributed by atoms with Crippen LogP contribution in [0, 0.1) is 17.2 Å². The van der Waals surface area contributed by atoms with Gasteiger partial charge in [0, 0.05) is 27.9 Å². The molecule has 0 aliphatic carbocycles. The second-order valence-electron chi connectivity index (χ2n) is 5.37. The van der Waals surface area contributed by atoms with E-state index in [1.807, 2.05) is 6.07 Å². The number of hydrogen-bond acceptors (Lipinski definition) is 3. The minimum Gasteiger partial charge on any atom is -0.377 e. The number of benzene rings is 2. The van der Waals surface area contributed by atoms with E-state index in [0.29, 0.717) is 21.2 Å². The first-order valence-electron chi connectivity index (χ1n) is 7.05. The van der Waals surface area contributed by atoms with Crippen LogP contribution in [0.2, 0.25) is 10.0 Å². The van der Waals surface area contributed by atoms with Crippen molar-refractivity contribution in [2.75, 3.05) is 0 Å². The summed E-state index contributed by atoms with van der Waals surface area (Å²) in [5.74, 6) is -1.06. The summed E-state index contributed by atoms with van der Waals surface area (Å²) in [4.78, 5) is 12.9. The number of nitrogens with zero attached hydrogens (tertiary/aromatic N) is 1. The molecule has 118 valence electrons. The molecule has 0 saturated heterocycles. The highest BCUT2D eigenvalue weighted by Crippen LogP contribution is 2.36. The second-order valence-corrected chi connectivity index (χ2v) is 6.25. The molecule has 1 N–H and O–H groups in total. The maximum absolute atomic E-state index is 12.9. The van der Waals surface area contributed by atoms with Crippen LogP contribution in [0.3, 0.4) is 0 Å². The molecule has 3 nitrogen and oxygen atoms in total. The molecule has 0 aromatic heterocycles. The van der Waals surface area contributed by atoms with E-state index in [-0.39, 0.29) is 6.42 Å². The molecule has 2 unspecified atom stereocenters. The van der Waals surface area contributed by atoms with Gasteiger partial charge in [0.05, 0.1) is 6.07 Å². The minimum atomic E-state index is -1.81. The van der Waals surface area contributed by atoms with Crippen LogP contribution in [0.1, 0.15) is 29.3 Å². The fourth-order valence-corrected chi connectivity index (χ4v) is 2.70. The van der Waals surface area contributed by atoms with E-state index in [0.717, 1.165) is 0 Å². The topological polar surface area (TPSA) is 61.1 Å². The van der Waals surface area contributed by atoms with Crippen LogP contribution in [0.4, 0.5) is 0 Å². The third kappa shape index (κ3) is 3.56. The number of rotatable bonds is 5. The lowest BCUT2D eigenvalue weighted by Crippen LogP contribution is -2.42. The monoisotopic (exact) mass is 347 g/mol. The molecule has 2 aromatic carbocycles. The average Bonchev–Trinajstić information content (AvgIpc) is 2.55. The number of ketones is 1. The largest absolute Gasteiger partial charge is 0.377 e. The first kappa shape index (κ1) is 17.5. The molecular formula is C18H15Cl2NO2. The molecule has 0 aliphatic rings. The van der Waals surface area contributed by atoms with Crippen molar-refractivity contribution in [3.8, 4) is 6.07 Å². The summed E-state index contributed by atoms with van der Waals surface area (Å²) in [5.41, 5.74) is -1.07. The molecular weight excluding hydrogens is 333 g/mol. The fourth-order valence-electron chi connectivity index (χ4n) is 2.45. The zero-order valence-electron chi connectivity index (χ0n) is 12.5. The zero-order chi connectivity index (χ0) is 17.0. The SMILES string of the molecule is CC(CC#N)C(O)(C(=O)c1ccc(Cl)cc1)c1ccc(Cl)cc1. The van der Waals surface area contributed by atoms with E-state index in [2.05, 4.69) is 0 Å². The molecule has 0 radical (unpaired) electrons. The van der Waals surface area contributed by atoms with Gasteiger partial charge >= 0.3 is 0 Å². The van der Waals surface area contributed by atoms with Gasteiger partial charge in [0.1, 0.15) is 0 Å². The number of carbonyl (C=O) groups excluding carboxylic acids is 1. The maximum Gasteiger partial charge on any atom is 0.199 e. The molecule has 0 bridgehead atoms. The van der Waals surface area contributed by atoms with Crippen LogP contribution in [0.5, 0.6) is 0 Å². The van der Waals surface area contributed by atoms with Gasteiger partial charge in [-0.1, -0.05) is 42.3 Å². The molecule has 5 heteroatoms. The van der Waals surface area contributed by atoms with Gasteiger partial charge in [0.15, 0.2) is 11.4 Å². The number of halogens is 2. The smallest absolute Gasteiger partial charge is 0.199 e. The van der Waals surface area contributed by atoms with Gasteiger partial charge in [-0.15, -0.1) is 0 Å². The van der Waals surface area contributed by atoms with Gasteiger partial charge in [0.2, 0.25) is 0 Å². The Balaban J connectivity index is 2.53. The summed E-state index contributed by atoms with van der Waals surface area (Å²) in [6, 6.07) is 14.7. The Morgan fingerprint density at radius 2 is 1.61 bits per heavy atom. The number of nitriles is 1. The van der Waals surface area contributed by atoms with Crippen molar-refractivity contribution in [3.63, 3.8) is 0 Å². The van der Waals surface area contributed by atoms with Crippen LogP contribution in [0.25, 0.3) is 0 Å². The van der Waals surface area contributed by atoms with Crippen molar-refractivity contribution in [1.82, 2.24) is 0 Å². The Morgan fingerprint density at radius 3 is 2.09 bits per heavy atom. The minimum absolute atomic E-state index is 0.0401. The Kier molecular flexibility index (Phi) is 5.43. The number of carbonyl (C=O) groups is 1. The lowest BCUT2D eigenvalue weighted by molar-refractivity contribution is -0.000599. The van der Waals surface area contributed by atoms with Gasteiger partial charge in [-0.25, -0.2) is 0 Å². The highest BCUT2D eigenvalue weighted by Gasteiger charge is 2.43. The van der Waals surface area contributed by atoms with Gasteiger partial charge < -0.3 is 5.11 Å². The van der Waals surface area contributed by atoms with Gasteiger partial charge in [-0.05, 0) is 42.0 Å². The first-order valence-corrected chi connectivity index (χ1v) is 7.81. The standard InChI is InChI=1S/C18H15Cl2NO2/c1-12(10-11-21)18(23,14-4-8-16(20)9-5-14)17(22)13-2-6-15(19)7-3-13/h2-9,12,23H,10H2,1H3. The van der Waals surface area contributed by atoms with Crippen LogP contribution < -0.4 is 0 Å². The molecule has 0 heterocycles. The molecule has 23 heavy (non-hydrogen) atoms. The summed E-state index contributed by atoms with van der Waals surface area (Å²) in [6.07, 6.45) is 0.0401. The summed E-state index contributed by atoms with van der Waals surface area (Å²) < 4.78 is 0. The first-order chi connectivity index (χ1) is 10.9. The van der Waals surface area contributed by atoms with Gasteiger partial charge in [-0.2, -0.15) is 5.26 Å². The van der Waals surface area contributed by atoms with E-state index in [4.69, 9.17) is 28.5 Å². The number of hydrogen-bond donors (Lipinski definition) is 1. The lowest BCUT2D eigenvalue weighted by Gasteiger charge is -2.32. The predicted molar refractivity (Wildman–Crippen MR) is 90.5 cm³/mol. The zero-order valence-corrected chi connectivity index (χ0v) is 14.0. The molecule has 2 rings (SSSR count). The summed E-state index contributed by atoms with van der Waals surface area (Å²) in [5, 5.41) is 21.2. The van der Waals surface area contributed by atoms with Gasteiger partial charge in [-0.3, -0.25) is 4.79 Å². The van der Waals surface area contributed by atoms with Crippen LogP contribution >= 0.6 is 23.2 Å². The Hall–Kier alpha value is -1.86.